The summed E-state index contributed by atoms with van der Waals surface area (Å²) < 4.78 is 10.1. The van der Waals surface area contributed by atoms with Crippen LogP contribution >= 0.6 is 0 Å². The van der Waals surface area contributed by atoms with E-state index in [1.165, 1.54) is 0 Å². The second kappa shape index (κ2) is 7.36. The fraction of sp³-hybridized carbons (Fsp3) is 0.800. The van der Waals surface area contributed by atoms with E-state index in [-0.39, 0.29) is 18.6 Å². The van der Waals surface area contributed by atoms with Crippen LogP contribution in [-0.2, 0) is 19.1 Å². The Balaban J connectivity index is 3.84. The number of carboxylic acids is 1. The molecule has 0 heterocycles. The molecule has 0 aromatic rings. The highest BCUT2D eigenvalue weighted by Gasteiger charge is 2.23. The van der Waals surface area contributed by atoms with Crippen molar-refractivity contribution in [3.8, 4) is 0 Å². The van der Waals surface area contributed by atoms with Gasteiger partial charge in [0.1, 0.15) is 19.5 Å². The van der Waals surface area contributed by atoms with Crippen LogP contribution in [0, 0.1) is 5.41 Å². The van der Waals surface area contributed by atoms with Gasteiger partial charge >= 0.3 is 5.97 Å². The third-order valence-electron chi connectivity index (χ3n) is 2.17. The van der Waals surface area contributed by atoms with E-state index in [0.717, 1.165) is 6.42 Å². The van der Waals surface area contributed by atoms with E-state index in [1.54, 1.807) is 0 Å². The Bertz CT molecular complexity index is 204. The van der Waals surface area contributed by atoms with Gasteiger partial charge in [-0.25, -0.2) is 4.79 Å². The van der Waals surface area contributed by atoms with E-state index in [1.807, 2.05) is 13.8 Å². The summed E-state index contributed by atoms with van der Waals surface area (Å²) >= 11 is 0. The van der Waals surface area contributed by atoms with E-state index in [0.29, 0.717) is 19.5 Å². The Morgan fingerprint density at radius 3 is 2.47 bits per heavy atom. The van der Waals surface area contributed by atoms with Gasteiger partial charge in [0.25, 0.3) is 0 Å². The van der Waals surface area contributed by atoms with Crippen LogP contribution in [0.25, 0.3) is 0 Å². The average Bonchev–Trinajstić information content (AvgIpc) is 2.18. The number of hydrogen-bond donors (Lipinski definition) is 1. The van der Waals surface area contributed by atoms with Crippen LogP contribution in [0.3, 0.4) is 0 Å². The molecule has 88 valence electrons. The molecular weight excluding hydrogens is 200 g/mol. The first-order valence-corrected chi connectivity index (χ1v) is 4.85. The monoisotopic (exact) mass is 218 g/mol. The predicted octanol–water partition coefficient (Wildman–Crippen LogP) is 0.719. The lowest BCUT2D eigenvalue weighted by Gasteiger charge is -2.26. The van der Waals surface area contributed by atoms with Gasteiger partial charge in [-0.15, -0.1) is 0 Å². The lowest BCUT2D eigenvalue weighted by atomic mass is 9.90. The van der Waals surface area contributed by atoms with Crippen molar-refractivity contribution in [2.24, 2.45) is 5.41 Å². The van der Waals surface area contributed by atoms with Gasteiger partial charge in [0.15, 0.2) is 0 Å². The molecule has 0 amide bonds. The first-order valence-electron chi connectivity index (χ1n) is 4.85. The molecule has 0 aliphatic heterocycles. The average molecular weight is 218 g/mol. The molecule has 1 atom stereocenters. The normalized spacial score (nSPS) is 14.5. The fourth-order valence-electron chi connectivity index (χ4n) is 0.984. The van der Waals surface area contributed by atoms with Crippen molar-refractivity contribution in [3.05, 3.63) is 0 Å². The molecule has 1 N–H and O–H groups in total. The molecule has 0 spiro atoms. The highest BCUT2D eigenvalue weighted by molar-refractivity contribution is 5.67. The zero-order valence-corrected chi connectivity index (χ0v) is 9.19. The van der Waals surface area contributed by atoms with Crippen LogP contribution in [0.15, 0.2) is 0 Å². The molecule has 0 fully saturated rings. The summed E-state index contributed by atoms with van der Waals surface area (Å²) in [5.74, 6) is -0.984. The summed E-state index contributed by atoms with van der Waals surface area (Å²) in [6, 6.07) is 0. The van der Waals surface area contributed by atoms with Gasteiger partial charge in [-0.05, 0) is 6.42 Å². The van der Waals surface area contributed by atoms with E-state index in [4.69, 9.17) is 14.6 Å². The summed E-state index contributed by atoms with van der Waals surface area (Å²) in [4.78, 5) is 20.3. The third-order valence-corrected chi connectivity index (χ3v) is 2.17. The SMILES string of the molecule is CCC(C)(COCC=O)COCC(=O)O. The van der Waals surface area contributed by atoms with E-state index in [2.05, 4.69) is 0 Å². The number of hydrogen-bond acceptors (Lipinski definition) is 4. The Hall–Kier alpha value is -0.940. The van der Waals surface area contributed by atoms with Crippen molar-refractivity contribution in [2.75, 3.05) is 26.4 Å². The van der Waals surface area contributed by atoms with Crippen LogP contribution in [0.5, 0.6) is 0 Å². The molecule has 0 aromatic carbocycles. The summed E-state index contributed by atoms with van der Waals surface area (Å²) in [6.07, 6.45) is 1.49. The summed E-state index contributed by atoms with van der Waals surface area (Å²) in [7, 11) is 0. The summed E-state index contributed by atoms with van der Waals surface area (Å²) in [5, 5.41) is 8.39. The number of aliphatic carboxylic acids is 1. The Morgan fingerprint density at radius 2 is 2.00 bits per heavy atom. The molecule has 0 aliphatic carbocycles. The van der Waals surface area contributed by atoms with E-state index in [9.17, 15) is 9.59 Å². The molecule has 1 unspecified atom stereocenters. The molecule has 5 nitrogen and oxygen atoms in total. The summed E-state index contributed by atoms with van der Waals surface area (Å²) in [5.41, 5.74) is -0.238. The number of ether oxygens (including phenoxy) is 2. The van der Waals surface area contributed by atoms with Crippen molar-refractivity contribution < 1.29 is 24.2 Å². The molecule has 0 aliphatic rings. The third kappa shape index (κ3) is 7.04. The van der Waals surface area contributed by atoms with Gasteiger partial charge in [-0.3, -0.25) is 0 Å². The lowest BCUT2D eigenvalue weighted by Crippen LogP contribution is -2.30. The van der Waals surface area contributed by atoms with Crippen LogP contribution in [0.2, 0.25) is 0 Å². The molecule has 0 aromatic heterocycles. The van der Waals surface area contributed by atoms with Crippen molar-refractivity contribution in [1.82, 2.24) is 0 Å². The molecule has 0 bridgehead atoms. The second-order valence-corrected chi connectivity index (χ2v) is 3.73. The number of carboxylic acid groups (broad SMARTS) is 1. The number of rotatable bonds is 9. The van der Waals surface area contributed by atoms with Crippen LogP contribution in [0.4, 0.5) is 0 Å². The van der Waals surface area contributed by atoms with Gasteiger partial charge in [-0.2, -0.15) is 0 Å². The van der Waals surface area contributed by atoms with Crippen molar-refractivity contribution in [1.29, 1.82) is 0 Å². The maximum atomic E-state index is 10.2. The number of aldehydes is 1. The first-order chi connectivity index (χ1) is 7.04. The Labute approximate surface area is 89.4 Å². The van der Waals surface area contributed by atoms with Gasteiger partial charge in [0.05, 0.1) is 13.2 Å². The molecule has 0 radical (unpaired) electrons. The highest BCUT2D eigenvalue weighted by Crippen LogP contribution is 2.21. The van der Waals surface area contributed by atoms with Crippen molar-refractivity contribution in [2.45, 2.75) is 20.3 Å². The van der Waals surface area contributed by atoms with E-state index < -0.39 is 5.97 Å². The highest BCUT2D eigenvalue weighted by atomic mass is 16.5. The summed E-state index contributed by atoms with van der Waals surface area (Å²) in [6.45, 7) is 4.36. The number of carbonyl (C=O) groups excluding carboxylic acids is 1. The molecule has 5 heteroatoms. The minimum Gasteiger partial charge on any atom is -0.480 e. The Morgan fingerprint density at radius 1 is 1.40 bits per heavy atom. The van der Waals surface area contributed by atoms with Gasteiger partial charge in [0.2, 0.25) is 0 Å². The predicted molar refractivity (Wildman–Crippen MR) is 53.7 cm³/mol. The standard InChI is InChI=1S/C10H18O5/c1-3-10(2,7-14-5-4-11)8-15-6-9(12)13/h4H,3,5-8H2,1-2H3,(H,12,13). The first kappa shape index (κ1) is 14.1. The largest absolute Gasteiger partial charge is 0.480 e. The molecular formula is C10H18O5. The van der Waals surface area contributed by atoms with Crippen molar-refractivity contribution >= 4 is 12.3 Å². The smallest absolute Gasteiger partial charge is 0.329 e. The lowest BCUT2D eigenvalue weighted by molar-refractivity contribution is -0.144. The van der Waals surface area contributed by atoms with E-state index >= 15 is 0 Å². The Kier molecular flexibility index (Phi) is 6.90. The number of carbonyl (C=O) groups is 2. The quantitative estimate of drug-likeness (QED) is 0.456. The molecule has 0 saturated carbocycles. The van der Waals surface area contributed by atoms with Crippen LogP contribution in [-0.4, -0.2) is 43.8 Å². The zero-order valence-electron chi connectivity index (χ0n) is 9.19. The zero-order chi connectivity index (χ0) is 11.7. The minimum absolute atomic E-state index is 0.0640. The molecule has 15 heavy (non-hydrogen) atoms. The van der Waals surface area contributed by atoms with Gasteiger partial charge in [0, 0.05) is 5.41 Å². The van der Waals surface area contributed by atoms with Crippen molar-refractivity contribution in [3.63, 3.8) is 0 Å². The second-order valence-electron chi connectivity index (χ2n) is 3.73. The van der Waals surface area contributed by atoms with Gasteiger partial charge < -0.3 is 19.4 Å². The van der Waals surface area contributed by atoms with Gasteiger partial charge in [-0.1, -0.05) is 13.8 Å². The maximum absolute atomic E-state index is 10.2. The molecule has 0 rings (SSSR count). The molecule has 0 saturated heterocycles. The van der Waals surface area contributed by atoms with Crippen LogP contribution in [0.1, 0.15) is 20.3 Å². The maximum Gasteiger partial charge on any atom is 0.329 e. The fourth-order valence-corrected chi connectivity index (χ4v) is 0.984. The topological polar surface area (TPSA) is 72.8 Å². The minimum atomic E-state index is -0.984. The van der Waals surface area contributed by atoms with Crippen LogP contribution < -0.4 is 0 Å².